The Morgan fingerprint density at radius 1 is 0.968 bits per heavy atom. The number of hydrogen-bond donors (Lipinski definition) is 0. The smallest absolute Gasteiger partial charge is 0.238 e. The molecule has 4 rings (SSSR count). The van der Waals surface area contributed by atoms with E-state index in [1.807, 2.05) is 36.4 Å². The van der Waals surface area contributed by atoms with E-state index in [-0.39, 0.29) is 17.9 Å². The van der Waals surface area contributed by atoms with Crippen LogP contribution in [0.1, 0.15) is 16.5 Å². The monoisotopic (exact) mass is 493 g/mol. The molecule has 8 heteroatoms. The van der Waals surface area contributed by atoms with Crippen molar-refractivity contribution in [1.29, 1.82) is 0 Å². The van der Waals surface area contributed by atoms with Gasteiger partial charge < -0.3 is 9.47 Å². The third kappa shape index (κ3) is 4.90. The molecule has 0 spiro atoms. The van der Waals surface area contributed by atoms with Crippen LogP contribution in [0.5, 0.6) is 11.5 Å². The fourth-order valence-electron chi connectivity index (χ4n) is 3.30. The first kappa shape index (κ1) is 22.2. The Kier molecular flexibility index (Phi) is 6.87. The second-order valence-electron chi connectivity index (χ2n) is 6.84. The largest absolute Gasteiger partial charge is 0.493 e. The molecule has 31 heavy (non-hydrogen) atoms. The van der Waals surface area contributed by atoms with E-state index in [4.69, 9.17) is 44.3 Å². The summed E-state index contributed by atoms with van der Waals surface area (Å²) in [6.07, 6.45) is 0. The number of carbonyl (C=O) groups is 1. The van der Waals surface area contributed by atoms with Gasteiger partial charge in [-0.15, -0.1) is 11.8 Å². The van der Waals surface area contributed by atoms with Crippen LogP contribution >= 0.6 is 46.6 Å². The number of anilines is 1. The molecule has 4 nitrogen and oxygen atoms in total. The minimum Gasteiger partial charge on any atom is -0.493 e. The highest BCUT2D eigenvalue weighted by molar-refractivity contribution is 8.00. The van der Waals surface area contributed by atoms with Gasteiger partial charge in [0, 0.05) is 26.3 Å². The van der Waals surface area contributed by atoms with Crippen LogP contribution in [-0.4, -0.2) is 18.8 Å². The normalized spacial score (nSPS) is 15.9. The van der Waals surface area contributed by atoms with Crippen LogP contribution in [0.4, 0.5) is 5.69 Å². The second-order valence-corrected chi connectivity index (χ2v) is 9.19. The van der Waals surface area contributed by atoms with Gasteiger partial charge in [-0.05, 0) is 54.1 Å². The molecule has 1 aliphatic heterocycles. The van der Waals surface area contributed by atoms with Crippen molar-refractivity contribution in [2.24, 2.45) is 0 Å². The van der Waals surface area contributed by atoms with Crippen LogP contribution in [0, 0.1) is 0 Å². The first-order chi connectivity index (χ1) is 15.0. The zero-order chi connectivity index (χ0) is 22.0. The zero-order valence-electron chi connectivity index (χ0n) is 16.5. The molecule has 3 aromatic carbocycles. The summed E-state index contributed by atoms with van der Waals surface area (Å²) in [5, 5.41) is 1.58. The Morgan fingerprint density at radius 3 is 2.42 bits per heavy atom. The maximum absolute atomic E-state index is 12.6. The van der Waals surface area contributed by atoms with Crippen LogP contribution in [0.15, 0.2) is 60.7 Å². The van der Waals surface area contributed by atoms with Gasteiger partial charge in [0.15, 0.2) is 11.5 Å². The zero-order valence-corrected chi connectivity index (χ0v) is 19.6. The van der Waals surface area contributed by atoms with Crippen molar-refractivity contribution >= 4 is 58.2 Å². The van der Waals surface area contributed by atoms with E-state index in [1.165, 1.54) is 0 Å². The molecule has 1 heterocycles. The van der Waals surface area contributed by atoms with E-state index in [0.29, 0.717) is 32.3 Å². The average Bonchev–Trinajstić information content (AvgIpc) is 3.15. The number of amides is 1. The molecule has 0 unspecified atom stereocenters. The quantitative estimate of drug-likeness (QED) is 0.369. The summed E-state index contributed by atoms with van der Waals surface area (Å²) in [6, 6.07) is 18.2. The fraction of sp³-hybridized carbons (Fsp3) is 0.174. The molecule has 0 saturated carbocycles. The number of nitrogens with zero attached hydrogens (tertiary/aromatic N) is 1. The van der Waals surface area contributed by atoms with Gasteiger partial charge in [-0.25, -0.2) is 0 Å². The lowest BCUT2D eigenvalue weighted by molar-refractivity contribution is -0.115. The van der Waals surface area contributed by atoms with Gasteiger partial charge in [-0.2, -0.15) is 0 Å². The minimum atomic E-state index is -0.165. The summed E-state index contributed by atoms with van der Waals surface area (Å²) >= 11 is 19.8. The standard InChI is InChI=1S/C23H18Cl3NO3S/c1-29-21-10-14(3-9-20(21)30-12-15-2-4-17(25)11-19(15)26)23-27(22(28)13-31-23)18-7-5-16(24)6-8-18/h2-11,23H,12-13H2,1H3/t23-/m1/s1. The van der Waals surface area contributed by atoms with Crippen molar-refractivity contribution < 1.29 is 14.3 Å². The van der Waals surface area contributed by atoms with E-state index in [1.54, 1.807) is 48.0 Å². The van der Waals surface area contributed by atoms with Gasteiger partial charge in [-0.1, -0.05) is 46.9 Å². The molecule has 1 saturated heterocycles. The SMILES string of the molecule is COc1cc([C@H]2SCC(=O)N2c2ccc(Cl)cc2)ccc1OCc1ccc(Cl)cc1Cl. The van der Waals surface area contributed by atoms with Gasteiger partial charge in [0.1, 0.15) is 12.0 Å². The van der Waals surface area contributed by atoms with Gasteiger partial charge in [0.25, 0.3) is 0 Å². The Labute approximate surface area is 200 Å². The summed E-state index contributed by atoms with van der Waals surface area (Å²) in [4.78, 5) is 14.4. The number of ether oxygens (including phenoxy) is 2. The molecule has 1 atom stereocenters. The number of rotatable bonds is 6. The van der Waals surface area contributed by atoms with Crippen molar-refractivity contribution in [3.8, 4) is 11.5 Å². The number of halogens is 3. The Balaban J connectivity index is 1.57. The highest BCUT2D eigenvalue weighted by Gasteiger charge is 2.34. The Morgan fingerprint density at radius 2 is 1.71 bits per heavy atom. The average molecular weight is 495 g/mol. The minimum absolute atomic E-state index is 0.0500. The van der Waals surface area contributed by atoms with E-state index < -0.39 is 0 Å². The molecule has 1 amide bonds. The molecular formula is C23H18Cl3NO3S. The third-order valence-electron chi connectivity index (χ3n) is 4.84. The van der Waals surface area contributed by atoms with Crippen molar-refractivity contribution in [2.75, 3.05) is 17.8 Å². The van der Waals surface area contributed by atoms with Gasteiger partial charge >= 0.3 is 0 Å². The van der Waals surface area contributed by atoms with Gasteiger partial charge in [0.05, 0.1) is 12.9 Å². The summed E-state index contributed by atoms with van der Waals surface area (Å²) in [5.74, 6) is 1.63. The number of benzene rings is 3. The molecule has 1 fully saturated rings. The molecule has 160 valence electrons. The van der Waals surface area contributed by atoms with E-state index in [9.17, 15) is 4.79 Å². The maximum atomic E-state index is 12.6. The summed E-state index contributed by atoms with van der Waals surface area (Å²) < 4.78 is 11.5. The lowest BCUT2D eigenvalue weighted by Gasteiger charge is -2.25. The van der Waals surface area contributed by atoms with Crippen LogP contribution in [-0.2, 0) is 11.4 Å². The molecule has 0 aliphatic carbocycles. The molecule has 0 aromatic heterocycles. The predicted molar refractivity (Wildman–Crippen MR) is 128 cm³/mol. The number of thioether (sulfide) groups is 1. The molecule has 1 aliphatic rings. The van der Waals surface area contributed by atoms with E-state index >= 15 is 0 Å². The molecular weight excluding hydrogens is 477 g/mol. The van der Waals surface area contributed by atoms with Crippen LogP contribution < -0.4 is 14.4 Å². The number of hydrogen-bond acceptors (Lipinski definition) is 4. The first-order valence-corrected chi connectivity index (χ1v) is 11.6. The lowest BCUT2D eigenvalue weighted by Crippen LogP contribution is -2.27. The van der Waals surface area contributed by atoms with Gasteiger partial charge in [-0.3, -0.25) is 9.69 Å². The van der Waals surface area contributed by atoms with Crippen LogP contribution in [0.3, 0.4) is 0 Å². The molecule has 0 N–H and O–H groups in total. The second kappa shape index (κ2) is 9.61. The van der Waals surface area contributed by atoms with Gasteiger partial charge in [0.2, 0.25) is 5.91 Å². The summed E-state index contributed by atoms with van der Waals surface area (Å²) in [6.45, 7) is 0.277. The third-order valence-corrected chi connectivity index (χ3v) is 6.90. The topological polar surface area (TPSA) is 38.8 Å². The highest BCUT2D eigenvalue weighted by Crippen LogP contribution is 2.44. The number of carbonyl (C=O) groups excluding carboxylic acids is 1. The van der Waals surface area contributed by atoms with Crippen molar-refractivity contribution in [3.63, 3.8) is 0 Å². The molecule has 0 bridgehead atoms. The summed E-state index contributed by atoms with van der Waals surface area (Å²) in [5.41, 5.74) is 2.57. The lowest BCUT2D eigenvalue weighted by atomic mass is 10.1. The first-order valence-electron chi connectivity index (χ1n) is 9.40. The van der Waals surface area contributed by atoms with Crippen molar-refractivity contribution in [2.45, 2.75) is 12.0 Å². The molecule has 0 radical (unpaired) electrons. The van der Waals surface area contributed by atoms with Crippen molar-refractivity contribution in [3.05, 3.63) is 86.9 Å². The molecule has 3 aromatic rings. The van der Waals surface area contributed by atoms with Crippen molar-refractivity contribution in [1.82, 2.24) is 0 Å². The highest BCUT2D eigenvalue weighted by atomic mass is 35.5. The Hall–Kier alpha value is -2.05. The fourth-order valence-corrected chi connectivity index (χ4v) is 5.06. The summed E-state index contributed by atoms with van der Waals surface area (Å²) in [7, 11) is 1.59. The predicted octanol–water partition coefficient (Wildman–Crippen LogP) is 7.01. The van der Waals surface area contributed by atoms with Crippen LogP contribution in [0.2, 0.25) is 15.1 Å². The van der Waals surface area contributed by atoms with E-state index in [2.05, 4.69) is 0 Å². The number of methoxy groups -OCH3 is 1. The Bertz CT molecular complexity index is 1110. The maximum Gasteiger partial charge on any atom is 0.238 e. The van der Waals surface area contributed by atoms with E-state index in [0.717, 1.165) is 16.8 Å². The van der Waals surface area contributed by atoms with Crippen LogP contribution in [0.25, 0.3) is 0 Å².